The van der Waals surface area contributed by atoms with Crippen LogP contribution in [0.1, 0.15) is 38.7 Å². The van der Waals surface area contributed by atoms with Crippen LogP contribution in [0.4, 0.5) is 0 Å². The van der Waals surface area contributed by atoms with E-state index < -0.39 is 0 Å². The molecule has 0 bridgehead atoms. The molecule has 3 nitrogen and oxygen atoms in total. The van der Waals surface area contributed by atoms with E-state index in [0.717, 1.165) is 0 Å². The summed E-state index contributed by atoms with van der Waals surface area (Å²) >= 11 is 0. The zero-order valence-electron chi connectivity index (χ0n) is 11.9. The van der Waals surface area contributed by atoms with Crippen LogP contribution >= 0.6 is 0 Å². The molecule has 0 radical (unpaired) electrons. The molecule has 0 aromatic heterocycles. The van der Waals surface area contributed by atoms with Gasteiger partial charge in [0.15, 0.2) is 0 Å². The molecule has 3 heteroatoms. The molecule has 1 fully saturated rings. The Bertz CT molecular complexity index is 412. The van der Waals surface area contributed by atoms with Gasteiger partial charge in [-0.3, -0.25) is 4.79 Å². The number of rotatable bonds is 6. The zero-order chi connectivity index (χ0) is 13.8. The van der Waals surface area contributed by atoms with Gasteiger partial charge in [-0.25, -0.2) is 0 Å². The van der Waals surface area contributed by atoms with Gasteiger partial charge in [0.05, 0.1) is 0 Å². The van der Waals surface area contributed by atoms with Crippen LogP contribution in [-0.2, 0) is 11.3 Å². The third-order valence-corrected chi connectivity index (χ3v) is 3.81. The molecule has 2 atom stereocenters. The van der Waals surface area contributed by atoms with Gasteiger partial charge in [0.1, 0.15) is 0 Å². The van der Waals surface area contributed by atoms with E-state index in [1.54, 1.807) is 0 Å². The Balaban J connectivity index is 2.07. The molecule has 0 saturated heterocycles. The van der Waals surface area contributed by atoms with Crippen molar-refractivity contribution < 1.29 is 4.79 Å². The molecule has 2 rings (SSSR count). The van der Waals surface area contributed by atoms with Crippen LogP contribution in [0.2, 0.25) is 0 Å². The number of hydrogen-bond acceptors (Lipinski definition) is 2. The molecule has 19 heavy (non-hydrogen) atoms. The lowest BCUT2D eigenvalue weighted by Gasteiger charge is -2.30. The van der Waals surface area contributed by atoms with E-state index >= 15 is 0 Å². The Morgan fingerprint density at radius 1 is 1.32 bits per heavy atom. The molecule has 1 saturated carbocycles. The highest BCUT2D eigenvalue weighted by atomic mass is 16.2. The van der Waals surface area contributed by atoms with E-state index in [2.05, 4.69) is 19.1 Å². The standard InChI is InChI=1S/C16H24N2O/c1-12(17)10-16(19)18(13(2)15-8-9-15)11-14-6-4-3-5-7-14/h3-7,12-13,15H,8-11,17H2,1-2H3. The molecule has 2 unspecified atom stereocenters. The fourth-order valence-electron chi connectivity index (χ4n) is 2.47. The highest BCUT2D eigenvalue weighted by molar-refractivity contribution is 5.77. The molecule has 1 aromatic carbocycles. The Morgan fingerprint density at radius 2 is 1.95 bits per heavy atom. The fourth-order valence-corrected chi connectivity index (χ4v) is 2.47. The number of amides is 1. The van der Waals surface area contributed by atoms with Crippen molar-refractivity contribution in [1.82, 2.24) is 4.90 Å². The maximum atomic E-state index is 12.4. The summed E-state index contributed by atoms with van der Waals surface area (Å²) in [7, 11) is 0. The van der Waals surface area contributed by atoms with Crippen LogP contribution in [0.15, 0.2) is 30.3 Å². The second-order valence-electron chi connectivity index (χ2n) is 5.77. The summed E-state index contributed by atoms with van der Waals surface area (Å²) in [5.74, 6) is 0.860. The average Bonchev–Trinajstić information content (AvgIpc) is 3.19. The number of nitrogens with two attached hydrogens (primary N) is 1. The third-order valence-electron chi connectivity index (χ3n) is 3.81. The van der Waals surface area contributed by atoms with Gasteiger partial charge < -0.3 is 10.6 Å². The van der Waals surface area contributed by atoms with E-state index in [-0.39, 0.29) is 11.9 Å². The van der Waals surface area contributed by atoms with Crippen molar-refractivity contribution in [2.75, 3.05) is 0 Å². The van der Waals surface area contributed by atoms with Crippen LogP contribution in [0, 0.1) is 5.92 Å². The quantitative estimate of drug-likeness (QED) is 0.854. The van der Waals surface area contributed by atoms with Crippen molar-refractivity contribution >= 4 is 5.91 Å². The van der Waals surface area contributed by atoms with Crippen LogP contribution in [0.5, 0.6) is 0 Å². The summed E-state index contributed by atoms with van der Waals surface area (Å²) < 4.78 is 0. The maximum absolute atomic E-state index is 12.4. The Hall–Kier alpha value is -1.35. The monoisotopic (exact) mass is 260 g/mol. The second kappa shape index (κ2) is 6.20. The van der Waals surface area contributed by atoms with Crippen molar-refractivity contribution in [1.29, 1.82) is 0 Å². The predicted molar refractivity (Wildman–Crippen MR) is 77.4 cm³/mol. The van der Waals surface area contributed by atoms with Crippen molar-refractivity contribution in [3.8, 4) is 0 Å². The first-order chi connectivity index (χ1) is 9.08. The first-order valence-corrected chi connectivity index (χ1v) is 7.17. The summed E-state index contributed by atoms with van der Waals surface area (Å²) in [6.07, 6.45) is 2.93. The van der Waals surface area contributed by atoms with E-state index in [9.17, 15) is 4.79 Å². The molecule has 0 aliphatic heterocycles. The fraction of sp³-hybridized carbons (Fsp3) is 0.562. The average molecular weight is 260 g/mol. The summed E-state index contributed by atoms with van der Waals surface area (Å²) in [6.45, 7) is 4.75. The topological polar surface area (TPSA) is 46.3 Å². The molecular weight excluding hydrogens is 236 g/mol. The van der Waals surface area contributed by atoms with E-state index in [0.29, 0.717) is 24.9 Å². The van der Waals surface area contributed by atoms with Crippen molar-refractivity contribution in [2.45, 2.75) is 51.7 Å². The number of carbonyl (C=O) groups excluding carboxylic acids is 1. The molecule has 2 N–H and O–H groups in total. The van der Waals surface area contributed by atoms with Crippen LogP contribution < -0.4 is 5.73 Å². The van der Waals surface area contributed by atoms with Gasteiger partial charge in [-0.15, -0.1) is 0 Å². The first-order valence-electron chi connectivity index (χ1n) is 7.17. The molecule has 1 aromatic rings. The number of nitrogens with zero attached hydrogens (tertiary/aromatic N) is 1. The third kappa shape index (κ3) is 4.06. The molecule has 1 amide bonds. The predicted octanol–water partition coefficient (Wildman–Crippen LogP) is 2.55. The lowest BCUT2D eigenvalue weighted by Crippen LogP contribution is -2.41. The van der Waals surface area contributed by atoms with Gasteiger partial charge in [0.25, 0.3) is 0 Å². The lowest BCUT2D eigenvalue weighted by molar-refractivity contribution is -0.134. The van der Waals surface area contributed by atoms with Crippen LogP contribution in [-0.4, -0.2) is 22.9 Å². The minimum absolute atomic E-state index is 0.0721. The van der Waals surface area contributed by atoms with E-state index in [4.69, 9.17) is 5.73 Å². The van der Waals surface area contributed by atoms with Crippen molar-refractivity contribution in [3.05, 3.63) is 35.9 Å². The van der Waals surface area contributed by atoms with E-state index in [1.807, 2.05) is 30.0 Å². The van der Waals surface area contributed by atoms with Crippen LogP contribution in [0.3, 0.4) is 0 Å². The minimum Gasteiger partial charge on any atom is -0.335 e. The normalized spacial score (nSPS) is 17.8. The number of hydrogen-bond donors (Lipinski definition) is 1. The molecule has 104 valence electrons. The number of carbonyl (C=O) groups is 1. The van der Waals surface area contributed by atoms with Gasteiger partial charge >= 0.3 is 0 Å². The summed E-state index contributed by atoms with van der Waals surface area (Å²) in [6, 6.07) is 10.4. The molecular formula is C16H24N2O. The highest BCUT2D eigenvalue weighted by Gasteiger charge is 2.34. The molecule has 1 aliphatic carbocycles. The maximum Gasteiger partial charge on any atom is 0.224 e. The molecule has 0 heterocycles. The van der Waals surface area contributed by atoms with Gasteiger partial charge in [0.2, 0.25) is 5.91 Å². The number of benzene rings is 1. The Morgan fingerprint density at radius 3 is 2.47 bits per heavy atom. The minimum atomic E-state index is -0.0721. The largest absolute Gasteiger partial charge is 0.335 e. The summed E-state index contributed by atoms with van der Waals surface area (Å²) in [5.41, 5.74) is 6.96. The summed E-state index contributed by atoms with van der Waals surface area (Å²) in [5, 5.41) is 0. The highest BCUT2D eigenvalue weighted by Crippen LogP contribution is 2.35. The van der Waals surface area contributed by atoms with Crippen molar-refractivity contribution in [2.24, 2.45) is 11.7 Å². The van der Waals surface area contributed by atoms with Gasteiger partial charge in [-0.05, 0) is 38.2 Å². The van der Waals surface area contributed by atoms with Crippen LogP contribution in [0.25, 0.3) is 0 Å². The first kappa shape index (κ1) is 14.1. The van der Waals surface area contributed by atoms with Gasteiger partial charge in [0, 0.05) is 25.0 Å². The van der Waals surface area contributed by atoms with Gasteiger partial charge in [-0.2, -0.15) is 0 Å². The van der Waals surface area contributed by atoms with Gasteiger partial charge in [-0.1, -0.05) is 30.3 Å². The SMILES string of the molecule is CC(N)CC(=O)N(Cc1ccccc1)C(C)C1CC1. The Labute approximate surface area is 115 Å². The van der Waals surface area contributed by atoms with E-state index in [1.165, 1.54) is 18.4 Å². The molecule has 0 spiro atoms. The van der Waals surface area contributed by atoms with Crippen molar-refractivity contribution in [3.63, 3.8) is 0 Å². The smallest absolute Gasteiger partial charge is 0.224 e. The Kier molecular flexibility index (Phi) is 4.59. The zero-order valence-corrected chi connectivity index (χ0v) is 11.9. The summed E-state index contributed by atoms with van der Waals surface area (Å²) in [4.78, 5) is 14.4. The lowest BCUT2D eigenvalue weighted by atomic mass is 10.1. The second-order valence-corrected chi connectivity index (χ2v) is 5.77. The molecule has 1 aliphatic rings.